The standard InChI is InChI=1S/C13H14BrF4NO2/c14-9-4-8(6-19-7-13(17,18)12(15)16)5-10-11(9)21-3-1-2-20-10/h4-5,12,19H,1-3,6-7H2. The molecule has 0 saturated heterocycles. The highest BCUT2D eigenvalue weighted by atomic mass is 79.9. The molecular formula is C13H14BrF4NO2. The normalized spacial score (nSPS) is 15.1. The summed E-state index contributed by atoms with van der Waals surface area (Å²) in [6.07, 6.45) is -2.93. The van der Waals surface area contributed by atoms with Gasteiger partial charge in [-0.25, -0.2) is 8.78 Å². The highest BCUT2D eigenvalue weighted by molar-refractivity contribution is 9.10. The molecule has 118 valence electrons. The fourth-order valence-corrected chi connectivity index (χ4v) is 2.44. The van der Waals surface area contributed by atoms with Crippen molar-refractivity contribution in [2.24, 2.45) is 0 Å². The van der Waals surface area contributed by atoms with Gasteiger partial charge in [-0.3, -0.25) is 0 Å². The lowest BCUT2D eigenvalue weighted by Gasteiger charge is -2.16. The van der Waals surface area contributed by atoms with E-state index in [4.69, 9.17) is 9.47 Å². The zero-order chi connectivity index (χ0) is 15.5. The van der Waals surface area contributed by atoms with Crippen molar-refractivity contribution in [2.75, 3.05) is 19.8 Å². The van der Waals surface area contributed by atoms with Crippen LogP contribution in [0.1, 0.15) is 12.0 Å². The minimum atomic E-state index is -4.04. The molecule has 8 heteroatoms. The number of hydrogen-bond acceptors (Lipinski definition) is 3. The van der Waals surface area contributed by atoms with Crippen LogP contribution in [0.2, 0.25) is 0 Å². The molecule has 0 aliphatic carbocycles. The minimum Gasteiger partial charge on any atom is -0.490 e. The average Bonchev–Trinajstić information content (AvgIpc) is 2.64. The molecule has 3 nitrogen and oxygen atoms in total. The van der Waals surface area contributed by atoms with Crippen LogP contribution in [0, 0.1) is 0 Å². The lowest BCUT2D eigenvalue weighted by Crippen LogP contribution is -2.38. The summed E-state index contributed by atoms with van der Waals surface area (Å²) in [6, 6.07) is 3.33. The van der Waals surface area contributed by atoms with Gasteiger partial charge < -0.3 is 14.8 Å². The highest BCUT2D eigenvalue weighted by Crippen LogP contribution is 2.38. The molecule has 1 aliphatic rings. The third-order valence-corrected chi connectivity index (χ3v) is 3.46. The number of hydrogen-bond donors (Lipinski definition) is 1. The predicted molar refractivity (Wildman–Crippen MR) is 72.4 cm³/mol. The molecule has 0 fully saturated rings. The van der Waals surface area contributed by atoms with E-state index in [1.165, 1.54) is 0 Å². The largest absolute Gasteiger partial charge is 0.490 e. The molecule has 0 amide bonds. The molecule has 1 heterocycles. The van der Waals surface area contributed by atoms with Gasteiger partial charge in [-0.05, 0) is 33.6 Å². The molecule has 2 rings (SSSR count). The summed E-state index contributed by atoms with van der Waals surface area (Å²) in [7, 11) is 0. The van der Waals surface area contributed by atoms with Gasteiger partial charge in [0.25, 0.3) is 0 Å². The maximum atomic E-state index is 12.8. The van der Waals surface area contributed by atoms with Gasteiger partial charge in [0.1, 0.15) is 0 Å². The monoisotopic (exact) mass is 371 g/mol. The van der Waals surface area contributed by atoms with Gasteiger partial charge in [-0.15, -0.1) is 0 Å². The van der Waals surface area contributed by atoms with Crippen LogP contribution in [0.4, 0.5) is 17.6 Å². The van der Waals surface area contributed by atoms with Gasteiger partial charge in [0.15, 0.2) is 11.5 Å². The molecule has 21 heavy (non-hydrogen) atoms. The molecule has 0 unspecified atom stereocenters. The summed E-state index contributed by atoms with van der Waals surface area (Å²) in [5.41, 5.74) is 0.635. The van der Waals surface area contributed by atoms with Crippen LogP contribution in [-0.4, -0.2) is 32.1 Å². The average molecular weight is 372 g/mol. The first kappa shape index (κ1) is 16.4. The first-order chi connectivity index (χ1) is 9.90. The summed E-state index contributed by atoms with van der Waals surface area (Å²) in [4.78, 5) is 0. The second-order valence-electron chi connectivity index (χ2n) is 4.62. The van der Waals surface area contributed by atoms with Crippen molar-refractivity contribution >= 4 is 15.9 Å². The van der Waals surface area contributed by atoms with Crippen LogP contribution >= 0.6 is 15.9 Å². The van der Waals surface area contributed by atoms with E-state index in [0.717, 1.165) is 6.42 Å². The predicted octanol–water partition coefficient (Wildman–Crippen LogP) is 3.60. The van der Waals surface area contributed by atoms with Crippen molar-refractivity contribution in [1.82, 2.24) is 5.32 Å². The van der Waals surface area contributed by atoms with Gasteiger partial charge in [0.2, 0.25) is 0 Å². The third kappa shape index (κ3) is 4.23. The summed E-state index contributed by atoms with van der Waals surface area (Å²) < 4.78 is 61.3. The molecule has 0 aromatic heterocycles. The maximum absolute atomic E-state index is 12.8. The van der Waals surface area contributed by atoms with Gasteiger partial charge in [-0.2, -0.15) is 8.78 Å². The molecule has 1 N–H and O–H groups in total. The Balaban J connectivity index is 2.01. The molecular weight excluding hydrogens is 358 g/mol. The van der Waals surface area contributed by atoms with Crippen LogP contribution in [0.3, 0.4) is 0 Å². The molecule has 0 atom stereocenters. The van der Waals surface area contributed by atoms with Crippen molar-refractivity contribution in [1.29, 1.82) is 0 Å². The first-order valence-electron chi connectivity index (χ1n) is 6.35. The lowest BCUT2D eigenvalue weighted by atomic mass is 10.2. The fourth-order valence-electron chi connectivity index (χ4n) is 1.84. The second kappa shape index (κ2) is 6.83. The Morgan fingerprint density at radius 3 is 2.67 bits per heavy atom. The van der Waals surface area contributed by atoms with E-state index in [2.05, 4.69) is 21.2 Å². The maximum Gasteiger partial charge on any atom is 0.319 e. The van der Waals surface area contributed by atoms with E-state index >= 15 is 0 Å². The van der Waals surface area contributed by atoms with Gasteiger partial charge in [-0.1, -0.05) is 0 Å². The number of rotatable bonds is 5. The molecule has 1 aromatic carbocycles. The van der Waals surface area contributed by atoms with Crippen LogP contribution < -0.4 is 14.8 Å². The van der Waals surface area contributed by atoms with Gasteiger partial charge >= 0.3 is 12.3 Å². The minimum absolute atomic E-state index is 0.0253. The Morgan fingerprint density at radius 2 is 1.95 bits per heavy atom. The van der Waals surface area contributed by atoms with Crippen molar-refractivity contribution in [3.8, 4) is 11.5 Å². The third-order valence-electron chi connectivity index (χ3n) is 2.87. The van der Waals surface area contributed by atoms with E-state index in [0.29, 0.717) is 34.7 Å². The van der Waals surface area contributed by atoms with Crippen molar-refractivity contribution in [2.45, 2.75) is 25.3 Å². The van der Waals surface area contributed by atoms with Crippen LogP contribution in [0.5, 0.6) is 11.5 Å². The zero-order valence-corrected chi connectivity index (χ0v) is 12.6. The number of benzene rings is 1. The van der Waals surface area contributed by atoms with Crippen molar-refractivity contribution in [3.05, 3.63) is 22.2 Å². The van der Waals surface area contributed by atoms with E-state index in [9.17, 15) is 17.6 Å². The van der Waals surface area contributed by atoms with E-state index in [1.54, 1.807) is 12.1 Å². The number of alkyl halides is 4. The Morgan fingerprint density at radius 1 is 1.24 bits per heavy atom. The molecule has 0 bridgehead atoms. The van der Waals surface area contributed by atoms with Crippen molar-refractivity contribution < 1.29 is 27.0 Å². The molecule has 1 aromatic rings. The smallest absolute Gasteiger partial charge is 0.319 e. The molecule has 1 aliphatic heterocycles. The van der Waals surface area contributed by atoms with Gasteiger partial charge in [0, 0.05) is 13.0 Å². The Labute approximate surface area is 127 Å². The first-order valence-corrected chi connectivity index (χ1v) is 7.14. The van der Waals surface area contributed by atoms with Crippen LogP contribution in [0.25, 0.3) is 0 Å². The summed E-state index contributed by atoms with van der Waals surface area (Å²) >= 11 is 3.32. The quantitative estimate of drug-likeness (QED) is 0.802. The number of halogens is 5. The fraction of sp³-hybridized carbons (Fsp3) is 0.538. The number of nitrogens with one attached hydrogen (secondary N) is 1. The SMILES string of the molecule is FC(F)C(F)(F)CNCc1cc(Br)c2c(c1)OCCCO2. The Hall–Kier alpha value is -1.02. The number of fused-ring (bicyclic) bond motifs is 1. The van der Waals surface area contributed by atoms with Crippen LogP contribution in [-0.2, 0) is 6.54 Å². The zero-order valence-electron chi connectivity index (χ0n) is 11.0. The van der Waals surface area contributed by atoms with E-state index < -0.39 is 18.9 Å². The number of ether oxygens (including phenoxy) is 2. The highest BCUT2D eigenvalue weighted by Gasteiger charge is 2.39. The van der Waals surface area contributed by atoms with E-state index in [1.807, 2.05) is 0 Å². The Kier molecular flexibility index (Phi) is 5.32. The van der Waals surface area contributed by atoms with E-state index in [-0.39, 0.29) is 6.54 Å². The lowest BCUT2D eigenvalue weighted by molar-refractivity contribution is -0.125. The Bertz CT molecular complexity index is 499. The second-order valence-corrected chi connectivity index (χ2v) is 5.47. The summed E-state index contributed by atoms with van der Waals surface area (Å²) in [6.45, 7) is -0.0299. The van der Waals surface area contributed by atoms with Gasteiger partial charge in [0.05, 0.1) is 24.2 Å². The summed E-state index contributed by atoms with van der Waals surface area (Å²) in [5, 5.41) is 2.33. The molecule has 0 spiro atoms. The molecule has 0 saturated carbocycles. The topological polar surface area (TPSA) is 30.5 Å². The summed E-state index contributed by atoms with van der Waals surface area (Å²) in [5.74, 6) is -2.96. The van der Waals surface area contributed by atoms with Crippen molar-refractivity contribution in [3.63, 3.8) is 0 Å². The molecule has 0 radical (unpaired) electrons. The van der Waals surface area contributed by atoms with Crippen LogP contribution in [0.15, 0.2) is 16.6 Å².